The molecule has 0 spiro atoms. The third-order valence-electron chi connectivity index (χ3n) is 6.81. The highest BCUT2D eigenvalue weighted by Gasteiger charge is 2.34. The van der Waals surface area contributed by atoms with Crippen molar-refractivity contribution in [2.75, 3.05) is 12.0 Å². The number of rotatable bonds is 6. The van der Waals surface area contributed by atoms with Crippen LogP contribution in [0.25, 0.3) is 22.5 Å². The smallest absolute Gasteiger partial charge is 0.260 e. The van der Waals surface area contributed by atoms with Gasteiger partial charge in [0.25, 0.3) is 5.91 Å². The molecule has 0 unspecified atom stereocenters. The van der Waals surface area contributed by atoms with E-state index in [1.165, 1.54) is 12.1 Å². The molecule has 1 amide bonds. The second-order valence-corrected chi connectivity index (χ2v) is 9.24. The van der Waals surface area contributed by atoms with Gasteiger partial charge in [0.2, 0.25) is 0 Å². The van der Waals surface area contributed by atoms with Crippen LogP contribution in [-0.4, -0.2) is 37.9 Å². The second-order valence-electron chi connectivity index (χ2n) is 9.24. The van der Waals surface area contributed by atoms with Crippen LogP contribution in [0.5, 0.6) is 5.75 Å². The minimum absolute atomic E-state index is 0.189. The summed E-state index contributed by atoms with van der Waals surface area (Å²) >= 11 is 0. The molecule has 0 atom stereocenters. The van der Waals surface area contributed by atoms with E-state index in [1.54, 1.807) is 41.1 Å². The number of carbonyl (C=O) groups is 1. The molecule has 2 aromatic carbocycles. The molecule has 182 valence electrons. The van der Waals surface area contributed by atoms with Crippen LogP contribution in [0.1, 0.15) is 45.9 Å². The molecule has 3 heterocycles. The van der Waals surface area contributed by atoms with E-state index in [9.17, 15) is 14.3 Å². The van der Waals surface area contributed by atoms with Crippen LogP contribution < -0.4 is 9.64 Å². The van der Waals surface area contributed by atoms with Gasteiger partial charge in [0, 0.05) is 35.3 Å². The van der Waals surface area contributed by atoms with Gasteiger partial charge in [0.1, 0.15) is 23.7 Å². The molecule has 1 aliphatic carbocycles. The second kappa shape index (κ2) is 8.53. The first kappa shape index (κ1) is 22.4. The molecule has 1 fully saturated rings. The van der Waals surface area contributed by atoms with Crippen molar-refractivity contribution in [2.45, 2.75) is 31.9 Å². The standard InChI is InChI=1S/C27H24FN5O3/c1-32-14-29-31-26(32)20-11-18(28)5-6-19(20)17-9-23(16-3-4-16)30-25(10-17)33-12-22-21(27(33)35)7-15(13-34)8-24(22)36-2/h5-11,14,16,34H,3-4,12-13H2,1-2H3. The number of pyridine rings is 1. The van der Waals surface area contributed by atoms with Gasteiger partial charge in [-0.2, -0.15) is 0 Å². The monoisotopic (exact) mass is 485 g/mol. The number of nitrogens with zero attached hydrogens (tertiary/aromatic N) is 5. The van der Waals surface area contributed by atoms with Gasteiger partial charge in [0.05, 0.1) is 20.3 Å². The average molecular weight is 486 g/mol. The van der Waals surface area contributed by atoms with E-state index in [0.29, 0.717) is 46.5 Å². The lowest BCUT2D eigenvalue weighted by molar-refractivity contribution is 0.0995. The molecule has 1 saturated carbocycles. The summed E-state index contributed by atoms with van der Waals surface area (Å²) in [6, 6.07) is 11.9. The summed E-state index contributed by atoms with van der Waals surface area (Å²) in [6.45, 7) is 0.120. The number of aliphatic hydroxyl groups excluding tert-OH is 1. The van der Waals surface area contributed by atoms with E-state index >= 15 is 0 Å². The molecule has 8 nitrogen and oxygen atoms in total. The van der Waals surface area contributed by atoms with E-state index in [4.69, 9.17) is 9.72 Å². The maximum Gasteiger partial charge on any atom is 0.260 e. The molecule has 0 bridgehead atoms. The number of anilines is 1. The largest absolute Gasteiger partial charge is 0.496 e. The van der Waals surface area contributed by atoms with Crippen LogP contribution >= 0.6 is 0 Å². The fourth-order valence-corrected chi connectivity index (χ4v) is 4.79. The highest BCUT2D eigenvalue weighted by molar-refractivity contribution is 6.10. The maximum absolute atomic E-state index is 14.3. The van der Waals surface area contributed by atoms with Crippen molar-refractivity contribution >= 4 is 11.7 Å². The van der Waals surface area contributed by atoms with Crippen molar-refractivity contribution in [3.8, 4) is 28.3 Å². The van der Waals surface area contributed by atoms with Gasteiger partial charge >= 0.3 is 0 Å². The summed E-state index contributed by atoms with van der Waals surface area (Å²) < 4.78 is 21.6. The van der Waals surface area contributed by atoms with Crippen LogP contribution in [0, 0.1) is 5.82 Å². The molecular weight excluding hydrogens is 461 g/mol. The predicted molar refractivity (Wildman–Crippen MR) is 131 cm³/mol. The zero-order chi connectivity index (χ0) is 25.0. The average Bonchev–Trinajstić information content (AvgIpc) is 3.58. The van der Waals surface area contributed by atoms with Crippen LogP contribution in [0.4, 0.5) is 10.2 Å². The minimum atomic E-state index is -0.370. The zero-order valence-corrected chi connectivity index (χ0v) is 19.9. The van der Waals surface area contributed by atoms with Gasteiger partial charge in [-0.15, -0.1) is 10.2 Å². The number of benzene rings is 2. The summed E-state index contributed by atoms with van der Waals surface area (Å²) in [7, 11) is 3.36. The Bertz CT molecular complexity index is 1510. The molecule has 6 rings (SSSR count). The number of halogens is 1. The number of fused-ring (bicyclic) bond motifs is 1. The maximum atomic E-state index is 14.3. The molecule has 1 N–H and O–H groups in total. The number of hydrogen-bond acceptors (Lipinski definition) is 6. The molecule has 0 saturated heterocycles. The summed E-state index contributed by atoms with van der Waals surface area (Å²) in [5.74, 6) is 1.40. The number of ether oxygens (including phenoxy) is 1. The fraction of sp³-hybridized carbons (Fsp3) is 0.259. The zero-order valence-electron chi connectivity index (χ0n) is 19.9. The lowest BCUT2D eigenvalue weighted by atomic mass is 9.98. The summed E-state index contributed by atoms with van der Waals surface area (Å²) in [5, 5.41) is 17.8. The molecule has 0 radical (unpaired) electrons. The molecule has 4 aromatic rings. The molecule has 36 heavy (non-hydrogen) atoms. The number of aromatic nitrogens is 4. The predicted octanol–water partition coefficient (Wildman–Crippen LogP) is 4.22. The molecule has 2 aliphatic rings. The van der Waals surface area contributed by atoms with Crippen molar-refractivity contribution in [1.29, 1.82) is 0 Å². The molecule has 1 aliphatic heterocycles. The van der Waals surface area contributed by atoms with Gasteiger partial charge in [-0.25, -0.2) is 9.37 Å². The third-order valence-corrected chi connectivity index (χ3v) is 6.81. The highest BCUT2D eigenvalue weighted by Crippen LogP contribution is 2.43. The van der Waals surface area contributed by atoms with Crippen LogP contribution in [0.2, 0.25) is 0 Å². The van der Waals surface area contributed by atoms with Crippen LogP contribution in [-0.2, 0) is 20.2 Å². The Morgan fingerprint density at radius 1 is 1.11 bits per heavy atom. The highest BCUT2D eigenvalue weighted by atomic mass is 19.1. The van der Waals surface area contributed by atoms with Gasteiger partial charge in [-0.3, -0.25) is 9.69 Å². The van der Waals surface area contributed by atoms with Gasteiger partial charge in [-0.1, -0.05) is 6.07 Å². The van der Waals surface area contributed by atoms with Crippen LogP contribution in [0.3, 0.4) is 0 Å². The third kappa shape index (κ3) is 3.72. The number of hydrogen-bond donors (Lipinski definition) is 1. The SMILES string of the molecule is COc1cc(CO)cc2c1CN(c1cc(-c3ccc(F)cc3-c3nncn3C)cc(C3CC3)n1)C2=O. The van der Waals surface area contributed by atoms with Gasteiger partial charge in [-0.05, 0) is 65.9 Å². The minimum Gasteiger partial charge on any atom is -0.496 e. The van der Waals surface area contributed by atoms with E-state index in [2.05, 4.69) is 10.2 Å². The number of methoxy groups -OCH3 is 1. The lowest BCUT2D eigenvalue weighted by Gasteiger charge is -2.18. The van der Waals surface area contributed by atoms with Crippen molar-refractivity contribution in [3.05, 3.63) is 77.0 Å². The first-order chi connectivity index (χ1) is 17.5. The van der Waals surface area contributed by atoms with Gasteiger partial charge in [0.15, 0.2) is 5.82 Å². The Labute approximate surface area is 207 Å². The van der Waals surface area contributed by atoms with E-state index in [-0.39, 0.29) is 18.3 Å². The van der Waals surface area contributed by atoms with E-state index < -0.39 is 0 Å². The van der Waals surface area contributed by atoms with Crippen molar-refractivity contribution in [2.24, 2.45) is 7.05 Å². The van der Waals surface area contributed by atoms with Crippen molar-refractivity contribution in [3.63, 3.8) is 0 Å². The molecule has 9 heteroatoms. The Morgan fingerprint density at radius 3 is 2.64 bits per heavy atom. The summed E-state index contributed by atoms with van der Waals surface area (Å²) in [6.07, 6.45) is 3.65. The Hall–Kier alpha value is -4.11. The topological polar surface area (TPSA) is 93.4 Å². The van der Waals surface area contributed by atoms with Crippen molar-refractivity contribution in [1.82, 2.24) is 19.7 Å². The first-order valence-electron chi connectivity index (χ1n) is 11.8. The van der Waals surface area contributed by atoms with Crippen LogP contribution in [0.15, 0.2) is 48.8 Å². The summed E-state index contributed by atoms with van der Waals surface area (Å²) in [4.78, 5) is 20.0. The van der Waals surface area contributed by atoms with Crippen molar-refractivity contribution < 1.29 is 19.0 Å². The fourth-order valence-electron chi connectivity index (χ4n) is 4.79. The van der Waals surface area contributed by atoms with Gasteiger partial charge < -0.3 is 14.4 Å². The molecular formula is C27H24FN5O3. The summed E-state index contributed by atoms with van der Waals surface area (Å²) in [5.41, 5.74) is 5.00. The Morgan fingerprint density at radius 2 is 1.94 bits per heavy atom. The number of amides is 1. The Balaban J connectivity index is 1.48. The number of aliphatic hydroxyl groups is 1. The number of carbonyl (C=O) groups excluding carboxylic acids is 1. The normalized spacial score (nSPS) is 14.9. The lowest BCUT2D eigenvalue weighted by Crippen LogP contribution is -2.24. The number of aryl methyl sites for hydroxylation is 1. The Kier molecular flexibility index (Phi) is 5.30. The molecule has 2 aromatic heterocycles. The van der Waals surface area contributed by atoms with E-state index in [0.717, 1.165) is 35.2 Å². The van der Waals surface area contributed by atoms with E-state index in [1.807, 2.05) is 19.2 Å². The first-order valence-corrected chi connectivity index (χ1v) is 11.8. The quantitative estimate of drug-likeness (QED) is 0.440.